The van der Waals surface area contributed by atoms with Gasteiger partial charge in [0.05, 0.1) is 35.5 Å². The zero-order valence-corrected chi connectivity index (χ0v) is 26.8. The molecule has 1 saturated carbocycles. The monoisotopic (exact) mass is 630 g/mol. The van der Waals surface area contributed by atoms with E-state index in [-0.39, 0.29) is 31.1 Å². The van der Waals surface area contributed by atoms with Crippen molar-refractivity contribution >= 4 is 29.3 Å². The molecule has 1 aliphatic carbocycles. The second kappa shape index (κ2) is 13.2. The van der Waals surface area contributed by atoms with Gasteiger partial charge in [0, 0.05) is 24.4 Å². The van der Waals surface area contributed by atoms with E-state index in [1.54, 1.807) is 18.6 Å². The van der Waals surface area contributed by atoms with Crippen LogP contribution in [0.5, 0.6) is 11.6 Å². The van der Waals surface area contributed by atoms with Gasteiger partial charge in [-0.3, -0.25) is 14.8 Å². The first-order valence-corrected chi connectivity index (χ1v) is 16.2. The van der Waals surface area contributed by atoms with Crippen molar-refractivity contribution in [3.05, 3.63) is 48.2 Å². The Morgan fingerprint density at radius 1 is 1.07 bits per heavy atom. The number of aldehydes is 1. The summed E-state index contributed by atoms with van der Waals surface area (Å²) in [7, 11) is 0. The number of alkyl carbamates (subject to hydrolysis) is 1. The molecule has 1 saturated heterocycles. The largest absolute Gasteiger partial charge is 0.487 e. The number of nitrogens with one attached hydrogen (secondary N) is 1. The number of rotatable bonds is 4. The Balaban J connectivity index is 1.30. The highest BCUT2D eigenvalue weighted by Gasteiger charge is 2.48. The lowest BCUT2D eigenvalue weighted by Crippen LogP contribution is -2.56. The molecule has 6 atom stereocenters. The van der Waals surface area contributed by atoms with Crippen molar-refractivity contribution in [2.24, 2.45) is 17.3 Å². The fourth-order valence-electron chi connectivity index (χ4n) is 6.32. The molecule has 6 rings (SSSR count). The molecule has 2 fully saturated rings. The van der Waals surface area contributed by atoms with Gasteiger partial charge in [-0.2, -0.15) is 0 Å². The third kappa shape index (κ3) is 7.05. The Bertz CT molecular complexity index is 1580. The van der Waals surface area contributed by atoms with Crippen molar-refractivity contribution in [2.45, 2.75) is 97.1 Å². The van der Waals surface area contributed by atoms with E-state index in [4.69, 9.17) is 24.2 Å². The zero-order valence-electron chi connectivity index (χ0n) is 26.8. The number of nitrogens with zero attached hydrogens (tertiary/aromatic N) is 5. The van der Waals surface area contributed by atoms with Crippen molar-refractivity contribution in [3.63, 3.8) is 0 Å². The van der Waals surface area contributed by atoms with E-state index >= 15 is 0 Å². The van der Waals surface area contributed by atoms with Crippen LogP contribution in [0.25, 0.3) is 11.0 Å². The number of benzene rings is 1. The first kappa shape index (κ1) is 31.6. The van der Waals surface area contributed by atoms with Crippen molar-refractivity contribution in [3.8, 4) is 11.6 Å². The third-order valence-corrected chi connectivity index (χ3v) is 9.20. The highest BCUT2D eigenvalue weighted by molar-refractivity contribution is 5.89. The highest BCUT2D eigenvalue weighted by Crippen LogP contribution is 2.39. The van der Waals surface area contributed by atoms with E-state index in [1.807, 2.05) is 45.9 Å². The highest BCUT2D eigenvalue weighted by atomic mass is 16.6. The number of carbonyl (C=O) groups excluding carboxylic acids is 3. The Morgan fingerprint density at radius 2 is 1.91 bits per heavy atom. The van der Waals surface area contributed by atoms with E-state index in [1.165, 1.54) is 4.90 Å². The van der Waals surface area contributed by atoms with Crippen LogP contribution in [0.4, 0.5) is 4.79 Å². The van der Waals surface area contributed by atoms with Crippen LogP contribution in [0.3, 0.4) is 0 Å². The molecule has 3 aromatic rings. The lowest BCUT2D eigenvalue weighted by atomic mass is 9.85. The number of ether oxygens (including phenoxy) is 3. The number of amides is 2. The minimum absolute atomic E-state index is 0.130. The van der Waals surface area contributed by atoms with E-state index in [0.717, 1.165) is 49.6 Å². The third-order valence-electron chi connectivity index (χ3n) is 9.20. The first-order chi connectivity index (χ1) is 22.1. The predicted octanol–water partition coefficient (Wildman–Crippen LogP) is 4.44. The van der Waals surface area contributed by atoms with Crippen molar-refractivity contribution < 1.29 is 28.6 Å². The maximum absolute atomic E-state index is 14.0. The van der Waals surface area contributed by atoms with Gasteiger partial charge in [-0.1, -0.05) is 40.5 Å². The number of carbonyl (C=O) groups is 3. The maximum atomic E-state index is 14.0. The van der Waals surface area contributed by atoms with Gasteiger partial charge in [-0.05, 0) is 49.1 Å². The quantitative estimate of drug-likeness (QED) is 0.411. The summed E-state index contributed by atoms with van der Waals surface area (Å²) in [5.74, 6) is 0.667. The first-order valence-electron chi connectivity index (χ1n) is 16.2. The number of aryl methyl sites for hydroxylation is 1. The van der Waals surface area contributed by atoms with Crippen LogP contribution < -0.4 is 14.8 Å². The Kier molecular flexibility index (Phi) is 9.06. The van der Waals surface area contributed by atoms with E-state index in [0.29, 0.717) is 35.2 Å². The SMILES string of the molecule is C[C@@H]1[C@@H]2CN(C(=O)[C@H](C(C)(C)C)NC(=O)O[C@@H]3C[C@H]3CCCCCc3nc4ccc(OCc5cnccn5)cc4nc3O2)[C@@H]1C=O. The minimum Gasteiger partial charge on any atom is -0.487 e. The molecule has 2 amide bonds. The standard InChI is InChI=1S/C34H42N6O6/c1-20-27(18-41)40-17-29(20)45-31-25(37-24-11-10-23(15-26(24)38-31)44-19-22-16-35-12-13-36-22)9-7-5-6-8-21-14-28(21)46-33(43)39-30(32(40)42)34(2,3)4/h10-13,15-16,18,20-21,27-30H,5-9,14,17,19H2,1-4H3,(H,39,43)/t20-,21+,27+,28+,29-,30+/m0/s1. The molecule has 2 aliphatic heterocycles. The molecule has 0 spiro atoms. The van der Waals surface area contributed by atoms with Gasteiger partial charge in [0.15, 0.2) is 0 Å². The fraction of sp³-hybridized carbons (Fsp3) is 0.559. The molecule has 12 heteroatoms. The number of hydrogen-bond donors (Lipinski definition) is 1. The van der Waals surface area contributed by atoms with Crippen molar-refractivity contribution in [1.29, 1.82) is 0 Å². The molecule has 2 aromatic heterocycles. The van der Waals surface area contributed by atoms with Crippen LogP contribution in [0.1, 0.15) is 71.2 Å². The van der Waals surface area contributed by atoms with Gasteiger partial charge in [0.25, 0.3) is 0 Å². The summed E-state index contributed by atoms with van der Waals surface area (Å²) in [5, 5.41) is 2.82. The summed E-state index contributed by atoms with van der Waals surface area (Å²) in [5.41, 5.74) is 2.16. The Morgan fingerprint density at radius 3 is 2.67 bits per heavy atom. The second-order valence-electron chi connectivity index (χ2n) is 13.7. The number of hydrogen-bond acceptors (Lipinski definition) is 10. The molecule has 2 bridgehead atoms. The lowest BCUT2D eigenvalue weighted by molar-refractivity contribution is -0.139. The van der Waals surface area contributed by atoms with Crippen LogP contribution in [0, 0.1) is 17.3 Å². The van der Waals surface area contributed by atoms with Crippen LogP contribution in [0.15, 0.2) is 36.8 Å². The van der Waals surface area contributed by atoms with Crippen LogP contribution >= 0.6 is 0 Å². The molecule has 0 radical (unpaired) electrons. The molecule has 1 aromatic carbocycles. The zero-order chi connectivity index (χ0) is 32.4. The second-order valence-corrected chi connectivity index (χ2v) is 13.7. The average molecular weight is 631 g/mol. The summed E-state index contributed by atoms with van der Waals surface area (Å²) in [6, 6.07) is 3.95. The Labute approximate surface area is 268 Å². The number of fused-ring (bicyclic) bond motifs is 5. The molecule has 1 N–H and O–H groups in total. The van der Waals surface area contributed by atoms with E-state index in [9.17, 15) is 14.4 Å². The maximum Gasteiger partial charge on any atom is 0.408 e. The molecule has 12 nitrogen and oxygen atoms in total. The normalized spacial score (nSPS) is 27.3. The van der Waals surface area contributed by atoms with Crippen LogP contribution in [0.2, 0.25) is 0 Å². The van der Waals surface area contributed by atoms with Gasteiger partial charge in [0.2, 0.25) is 11.8 Å². The summed E-state index contributed by atoms with van der Waals surface area (Å²) in [6.07, 6.45) is 9.80. The summed E-state index contributed by atoms with van der Waals surface area (Å²) < 4.78 is 18.2. The fourth-order valence-corrected chi connectivity index (χ4v) is 6.32. The summed E-state index contributed by atoms with van der Waals surface area (Å²) in [4.78, 5) is 59.0. The average Bonchev–Trinajstić information content (AvgIpc) is 3.69. The molecular weight excluding hydrogens is 588 g/mol. The van der Waals surface area contributed by atoms with E-state index < -0.39 is 29.7 Å². The Hall–Kier alpha value is -4.35. The van der Waals surface area contributed by atoms with Crippen LogP contribution in [-0.2, 0) is 27.4 Å². The molecule has 0 unspecified atom stereocenters. The summed E-state index contributed by atoms with van der Waals surface area (Å²) in [6.45, 7) is 7.97. The van der Waals surface area contributed by atoms with Crippen molar-refractivity contribution in [2.75, 3.05) is 6.54 Å². The molecule has 46 heavy (non-hydrogen) atoms. The van der Waals surface area contributed by atoms with E-state index in [2.05, 4.69) is 15.3 Å². The summed E-state index contributed by atoms with van der Waals surface area (Å²) >= 11 is 0. The lowest BCUT2D eigenvalue weighted by Gasteiger charge is -2.34. The van der Waals surface area contributed by atoms with Gasteiger partial charge in [0.1, 0.15) is 42.6 Å². The smallest absolute Gasteiger partial charge is 0.408 e. The van der Waals surface area contributed by atoms with Crippen LogP contribution in [-0.4, -0.2) is 74.0 Å². The number of aromatic nitrogens is 4. The molecular formula is C34H42N6O6. The minimum atomic E-state index is -0.888. The molecule has 3 aliphatic rings. The van der Waals surface area contributed by atoms with Crippen molar-refractivity contribution in [1.82, 2.24) is 30.2 Å². The van der Waals surface area contributed by atoms with Gasteiger partial charge < -0.3 is 29.2 Å². The van der Waals surface area contributed by atoms with Gasteiger partial charge in [-0.15, -0.1) is 0 Å². The topological polar surface area (TPSA) is 146 Å². The molecule has 4 heterocycles. The van der Waals surface area contributed by atoms with Gasteiger partial charge in [-0.25, -0.2) is 14.8 Å². The molecule has 244 valence electrons. The predicted molar refractivity (Wildman–Crippen MR) is 168 cm³/mol. The van der Waals surface area contributed by atoms with Gasteiger partial charge >= 0.3 is 6.09 Å².